The van der Waals surface area contributed by atoms with Gasteiger partial charge in [-0.3, -0.25) is 9.59 Å². The highest BCUT2D eigenvalue weighted by Gasteiger charge is 2.39. The maximum atomic E-state index is 13.0. The molecule has 1 heterocycles. The topological polar surface area (TPSA) is 49.4 Å². The summed E-state index contributed by atoms with van der Waals surface area (Å²) in [5.74, 6) is -1.09. The van der Waals surface area contributed by atoms with Crippen molar-refractivity contribution in [1.29, 1.82) is 0 Å². The Hall–Kier alpha value is -2.40. The van der Waals surface area contributed by atoms with Crippen molar-refractivity contribution in [3.05, 3.63) is 59.4 Å². The van der Waals surface area contributed by atoms with Crippen LogP contribution in [0.3, 0.4) is 0 Å². The molecule has 1 saturated heterocycles. The number of hydrogen-bond donors (Lipinski definition) is 1. The number of anilines is 2. The first kappa shape index (κ1) is 14.5. The predicted molar refractivity (Wildman–Crippen MR) is 82.4 cm³/mol. The molecular formula is C16H12ClFN2O2. The summed E-state index contributed by atoms with van der Waals surface area (Å²) >= 11 is 5.81. The van der Waals surface area contributed by atoms with Crippen molar-refractivity contribution in [2.45, 2.75) is 12.5 Å². The SMILES string of the molecule is O=C1C[C@H](Nc2ccc(Cl)cc2)C(=O)N1c1ccc(F)cc1. The third kappa shape index (κ3) is 2.80. The second-order valence-electron chi connectivity index (χ2n) is 4.95. The van der Waals surface area contributed by atoms with Crippen molar-refractivity contribution in [2.24, 2.45) is 0 Å². The maximum absolute atomic E-state index is 13.0. The largest absolute Gasteiger partial charge is 0.373 e. The molecule has 6 heteroatoms. The lowest BCUT2D eigenvalue weighted by Gasteiger charge is -2.16. The van der Waals surface area contributed by atoms with Gasteiger partial charge in [-0.25, -0.2) is 9.29 Å². The minimum atomic E-state index is -0.640. The van der Waals surface area contributed by atoms with Gasteiger partial charge in [-0.15, -0.1) is 0 Å². The third-order valence-corrected chi connectivity index (χ3v) is 3.67. The molecule has 22 heavy (non-hydrogen) atoms. The van der Waals surface area contributed by atoms with Crippen molar-refractivity contribution in [3.8, 4) is 0 Å². The van der Waals surface area contributed by atoms with Crippen LogP contribution in [0.15, 0.2) is 48.5 Å². The fourth-order valence-corrected chi connectivity index (χ4v) is 2.48. The fourth-order valence-electron chi connectivity index (χ4n) is 2.35. The van der Waals surface area contributed by atoms with E-state index in [4.69, 9.17) is 11.6 Å². The molecule has 0 saturated carbocycles. The highest BCUT2D eigenvalue weighted by atomic mass is 35.5. The van der Waals surface area contributed by atoms with Gasteiger partial charge >= 0.3 is 0 Å². The summed E-state index contributed by atoms with van der Waals surface area (Å²) < 4.78 is 13.0. The molecule has 1 aliphatic heterocycles. The standard InChI is InChI=1S/C16H12ClFN2O2/c17-10-1-5-12(6-2-10)19-14-9-15(21)20(16(14)22)13-7-3-11(18)4-8-13/h1-8,14,19H,9H2/t14-/m0/s1. The fraction of sp³-hybridized carbons (Fsp3) is 0.125. The number of amides is 2. The van der Waals surface area contributed by atoms with E-state index in [1.807, 2.05) is 0 Å². The third-order valence-electron chi connectivity index (χ3n) is 3.42. The van der Waals surface area contributed by atoms with E-state index in [0.29, 0.717) is 16.4 Å². The summed E-state index contributed by atoms with van der Waals surface area (Å²) in [6, 6.07) is 11.5. The van der Waals surface area contributed by atoms with Crippen LogP contribution < -0.4 is 10.2 Å². The molecule has 1 N–H and O–H groups in total. The maximum Gasteiger partial charge on any atom is 0.256 e. The second-order valence-corrected chi connectivity index (χ2v) is 5.39. The quantitative estimate of drug-likeness (QED) is 0.884. The van der Waals surface area contributed by atoms with Crippen LogP contribution in [0, 0.1) is 5.82 Å². The van der Waals surface area contributed by atoms with E-state index >= 15 is 0 Å². The molecule has 2 aromatic carbocycles. The zero-order chi connectivity index (χ0) is 15.7. The van der Waals surface area contributed by atoms with Gasteiger partial charge in [0.15, 0.2) is 0 Å². The average molecular weight is 319 g/mol. The van der Waals surface area contributed by atoms with Crippen LogP contribution in [-0.4, -0.2) is 17.9 Å². The second kappa shape index (κ2) is 5.77. The molecule has 0 radical (unpaired) electrons. The van der Waals surface area contributed by atoms with E-state index in [1.165, 1.54) is 24.3 Å². The van der Waals surface area contributed by atoms with Crippen molar-refractivity contribution in [3.63, 3.8) is 0 Å². The first-order chi connectivity index (χ1) is 10.5. The Balaban J connectivity index is 1.79. The minimum absolute atomic E-state index is 0.0544. The van der Waals surface area contributed by atoms with E-state index < -0.39 is 11.9 Å². The van der Waals surface area contributed by atoms with Gasteiger partial charge in [0.25, 0.3) is 5.91 Å². The minimum Gasteiger partial charge on any atom is -0.373 e. The van der Waals surface area contributed by atoms with E-state index in [9.17, 15) is 14.0 Å². The number of halogens is 2. The molecule has 0 bridgehead atoms. The molecule has 1 aliphatic rings. The molecule has 0 aliphatic carbocycles. The van der Waals surface area contributed by atoms with Crippen LogP contribution in [0.25, 0.3) is 0 Å². The van der Waals surface area contributed by atoms with Crippen molar-refractivity contribution < 1.29 is 14.0 Å². The number of benzene rings is 2. The lowest BCUT2D eigenvalue weighted by molar-refractivity contribution is -0.121. The van der Waals surface area contributed by atoms with Crippen LogP contribution >= 0.6 is 11.6 Å². The molecular weight excluding hydrogens is 307 g/mol. The normalized spacial score (nSPS) is 17.9. The van der Waals surface area contributed by atoms with E-state index in [0.717, 1.165) is 4.90 Å². The van der Waals surface area contributed by atoms with Gasteiger partial charge in [-0.1, -0.05) is 11.6 Å². The Bertz CT molecular complexity index is 716. The monoisotopic (exact) mass is 318 g/mol. The highest BCUT2D eigenvalue weighted by molar-refractivity contribution is 6.30. The van der Waals surface area contributed by atoms with Crippen molar-refractivity contribution in [1.82, 2.24) is 0 Å². The summed E-state index contributed by atoms with van der Waals surface area (Å²) in [7, 11) is 0. The molecule has 0 unspecified atom stereocenters. The summed E-state index contributed by atoms with van der Waals surface area (Å²) in [5, 5.41) is 3.60. The van der Waals surface area contributed by atoms with Gasteiger partial charge in [-0.05, 0) is 48.5 Å². The smallest absolute Gasteiger partial charge is 0.256 e. The summed E-state index contributed by atoms with van der Waals surface area (Å²) in [4.78, 5) is 25.5. The Kier molecular flexibility index (Phi) is 3.81. The van der Waals surface area contributed by atoms with Gasteiger partial charge in [0.05, 0.1) is 12.1 Å². The number of carbonyl (C=O) groups excluding carboxylic acids is 2. The highest BCUT2D eigenvalue weighted by Crippen LogP contribution is 2.25. The lowest BCUT2D eigenvalue weighted by atomic mass is 10.2. The molecule has 1 fully saturated rings. The lowest BCUT2D eigenvalue weighted by Crippen LogP contribution is -2.34. The molecule has 2 amide bonds. The number of nitrogens with zero attached hydrogens (tertiary/aromatic N) is 1. The van der Waals surface area contributed by atoms with Gasteiger partial charge in [0, 0.05) is 10.7 Å². The van der Waals surface area contributed by atoms with Gasteiger partial charge in [0.1, 0.15) is 11.9 Å². The molecule has 4 nitrogen and oxygen atoms in total. The molecule has 0 spiro atoms. The molecule has 3 rings (SSSR count). The van der Waals surface area contributed by atoms with E-state index in [-0.39, 0.29) is 18.2 Å². The predicted octanol–water partition coefficient (Wildman–Crippen LogP) is 3.22. The van der Waals surface area contributed by atoms with Crippen LogP contribution in [-0.2, 0) is 9.59 Å². The zero-order valence-corrected chi connectivity index (χ0v) is 12.2. The van der Waals surface area contributed by atoms with Crippen molar-refractivity contribution >= 4 is 34.8 Å². The Morgan fingerprint density at radius 3 is 2.32 bits per heavy atom. The first-order valence-corrected chi connectivity index (χ1v) is 7.07. The summed E-state index contributed by atoms with van der Waals surface area (Å²) in [5.41, 5.74) is 1.08. The van der Waals surface area contributed by atoms with Crippen LogP contribution in [0.4, 0.5) is 15.8 Å². The number of nitrogens with one attached hydrogen (secondary N) is 1. The van der Waals surface area contributed by atoms with Gasteiger partial charge < -0.3 is 5.32 Å². The van der Waals surface area contributed by atoms with Gasteiger partial charge in [0.2, 0.25) is 5.91 Å². The summed E-state index contributed by atoms with van der Waals surface area (Å²) in [6.45, 7) is 0. The van der Waals surface area contributed by atoms with Crippen LogP contribution in [0.1, 0.15) is 6.42 Å². The average Bonchev–Trinajstić information content (AvgIpc) is 2.77. The molecule has 1 atom stereocenters. The molecule has 2 aromatic rings. The van der Waals surface area contributed by atoms with Crippen molar-refractivity contribution in [2.75, 3.05) is 10.2 Å². The summed E-state index contributed by atoms with van der Waals surface area (Å²) in [6.07, 6.45) is 0.0544. The van der Waals surface area contributed by atoms with Crippen LogP contribution in [0.2, 0.25) is 5.02 Å². The van der Waals surface area contributed by atoms with E-state index in [2.05, 4.69) is 5.32 Å². The first-order valence-electron chi connectivity index (χ1n) is 6.69. The Labute approximate surface area is 131 Å². The number of hydrogen-bond acceptors (Lipinski definition) is 3. The number of rotatable bonds is 3. The molecule has 112 valence electrons. The zero-order valence-electron chi connectivity index (χ0n) is 11.4. The Morgan fingerprint density at radius 2 is 1.68 bits per heavy atom. The van der Waals surface area contributed by atoms with Crippen LogP contribution in [0.5, 0.6) is 0 Å². The Morgan fingerprint density at radius 1 is 1.05 bits per heavy atom. The van der Waals surface area contributed by atoms with E-state index in [1.54, 1.807) is 24.3 Å². The number of carbonyl (C=O) groups is 2. The van der Waals surface area contributed by atoms with Gasteiger partial charge in [-0.2, -0.15) is 0 Å². The number of imide groups is 1. The molecule has 0 aromatic heterocycles.